The molecule has 1 heterocycles. The second-order valence-corrected chi connectivity index (χ2v) is 3.09. The molecule has 0 radical (unpaired) electrons. The van der Waals surface area contributed by atoms with Crippen molar-refractivity contribution < 1.29 is 4.39 Å². The number of hydrogen-bond donors (Lipinski definition) is 0. The number of terminal acetylenes is 1. The van der Waals surface area contributed by atoms with Crippen molar-refractivity contribution >= 4 is 0 Å². The van der Waals surface area contributed by atoms with Crippen molar-refractivity contribution in [2.24, 2.45) is 0 Å². The molecule has 0 bridgehead atoms. The second kappa shape index (κ2) is 3.93. The van der Waals surface area contributed by atoms with Crippen LogP contribution in [0.5, 0.6) is 0 Å². The Labute approximate surface area is 87.6 Å². The van der Waals surface area contributed by atoms with Crippen LogP contribution in [0.3, 0.4) is 0 Å². The number of hydrogen-bond acceptors (Lipinski definition) is 1. The highest BCUT2D eigenvalue weighted by Gasteiger charge is 1.99. The molecule has 0 saturated heterocycles. The Morgan fingerprint density at radius 2 is 2.00 bits per heavy atom. The minimum Gasteiger partial charge on any atom is -0.247 e. The highest BCUT2D eigenvalue weighted by atomic mass is 19.1. The molecule has 15 heavy (non-hydrogen) atoms. The first-order valence-electron chi connectivity index (χ1n) is 4.48. The highest BCUT2D eigenvalue weighted by Crippen LogP contribution is 2.18. The van der Waals surface area contributed by atoms with Crippen LogP contribution < -0.4 is 0 Å². The van der Waals surface area contributed by atoms with Crippen LogP contribution in [-0.2, 0) is 0 Å². The maximum absolute atomic E-state index is 12.9. The van der Waals surface area contributed by atoms with E-state index in [0.29, 0.717) is 5.69 Å². The van der Waals surface area contributed by atoms with E-state index < -0.39 is 0 Å². The third-order valence-corrected chi connectivity index (χ3v) is 2.07. The van der Waals surface area contributed by atoms with Crippen LogP contribution in [0.2, 0.25) is 0 Å². The molecule has 72 valence electrons. The molecule has 0 aliphatic heterocycles. The first kappa shape index (κ1) is 9.42. The lowest BCUT2D eigenvalue weighted by molar-refractivity contribution is 0.628. The van der Waals surface area contributed by atoms with Gasteiger partial charge in [-0.1, -0.05) is 24.1 Å². The molecule has 1 aromatic carbocycles. The Balaban J connectivity index is 2.42. The Kier molecular flexibility index (Phi) is 2.47. The van der Waals surface area contributed by atoms with Crippen LogP contribution in [0.4, 0.5) is 4.39 Å². The number of aromatic nitrogens is 1. The van der Waals surface area contributed by atoms with Crippen LogP contribution in [0.25, 0.3) is 11.1 Å². The molecular formula is C13H8FN. The van der Waals surface area contributed by atoms with E-state index in [1.54, 1.807) is 18.3 Å². The van der Waals surface area contributed by atoms with E-state index in [4.69, 9.17) is 6.42 Å². The van der Waals surface area contributed by atoms with Gasteiger partial charge in [-0.2, -0.15) is 0 Å². The molecular weight excluding hydrogens is 189 g/mol. The maximum Gasteiger partial charge on any atom is 0.123 e. The number of halogens is 1. The summed E-state index contributed by atoms with van der Waals surface area (Å²) in [5.41, 5.74) is 2.23. The van der Waals surface area contributed by atoms with E-state index in [1.165, 1.54) is 12.1 Å². The molecule has 0 unspecified atom stereocenters. The number of pyridine rings is 1. The van der Waals surface area contributed by atoms with Crippen LogP contribution >= 0.6 is 0 Å². The Hall–Kier alpha value is -2.14. The summed E-state index contributed by atoms with van der Waals surface area (Å²) in [4.78, 5) is 4.04. The van der Waals surface area contributed by atoms with Crippen molar-refractivity contribution in [2.45, 2.75) is 0 Å². The Morgan fingerprint density at radius 3 is 2.60 bits per heavy atom. The fraction of sp³-hybridized carbons (Fsp3) is 0. The smallest absolute Gasteiger partial charge is 0.123 e. The summed E-state index contributed by atoms with van der Waals surface area (Å²) in [7, 11) is 0. The summed E-state index contributed by atoms with van der Waals surface area (Å²) in [6.45, 7) is 0. The lowest BCUT2D eigenvalue weighted by Crippen LogP contribution is -1.84. The first-order valence-corrected chi connectivity index (χ1v) is 4.48. The van der Waals surface area contributed by atoms with Gasteiger partial charge in [-0.3, -0.25) is 0 Å². The van der Waals surface area contributed by atoms with Gasteiger partial charge in [0.05, 0.1) is 0 Å². The highest BCUT2D eigenvalue weighted by molar-refractivity contribution is 5.62. The van der Waals surface area contributed by atoms with Gasteiger partial charge in [-0.05, 0) is 23.8 Å². The molecule has 0 amide bonds. The predicted octanol–water partition coefficient (Wildman–Crippen LogP) is 2.87. The molecule has 0 saturated carbocycles. The first-order chi connectivity index (χ1) is 7.29. The van der Waals surface area contributed by atoms with Gasteiger partial charge in [-0.15, -0.1) is 6.42 Å². The summed E-state index contributed by atoms with van der Waals surface area (Å²) < 4.78 is 12.9. The molecule has 2 aromatic rings. The van der Waals surface area contributed by atoms with Crippen molar-refractivity contribution in [3.63, 3.8) is 0 Å². The van der Waals surface area contributed by atoms with Gasteiger partial charge in [-0.25, -0.2) is 9.37 Å². The monoisotopic (exact) mass is 197 g/mol. The Morgan fingerprint density at radius 1 is 1.13 bits per heavy atom. The van der Waals surface area contributed by atoms with Gasteiger partial charge in [0.1, 0.15) is 11.5 Å². The normalized spacial score (nSPS) is 9.60. The fourth-order valence-electron chi connectivity index (χ4n) is 1.32. The third-order valence-electron chi connectivity index (χ3n) is 2.07. The predicted molar refractivity (Wildman–Crippen MR) is 57.6 cm³/mol. The van der Waals surface area contributed by atoms with E-state index >= 15 is 0 Å². The van der Waals surface area contributed by atoms with E-state index in [9.17, 15) is 4.39 Å². The molecule has 1 nitrogen and oxygen atoms in total. The van der Waals surface area contributed by atoms with Crippen LogP contribution in [0.1, 0.15) is 5.69 Å². The van der Waals surface area contributed by atoms with Gasteiger partial charge in [0, 0.05) is 11.8 Å². The SMILES string of the molecule is C#Cc1ccc(-c2cccc(F)c2)cn1. The molecule has 0 N–H and O–H groups in total. The lowest BCUT2D eigenvalue weighted by atomic mass is 10.1. The van der Waals surface area contributed by atoms with Crippen LogP contribution in [-0.4, -0.2) is 4.98 Å². The van der Waals surface area contributed by atoms with E-state index in [0.717, 1.165) is 11.1 Å². The zero-order valence-electron chi connectivity index (χ0n) is 7.94. The quantitative estimate of drug-likeness (QED) is 0.640. The topological polar surface area (TPSA) is 12.9 Å². The molecule has 0 fully saturated rings. The van der Waals surface area contributed by atoms with E-state index in [2.05, 4.69) is 10.9 Å². The summed E-state index contributed by atoms with van der Waals surface area (Å²) in [6.07, 6.45) is 6.83. The zero-order chi connectivity index (χ0) is 10.7. The number of nitrogens with zero attached hydrogens (tertiary/aromatic N) is 1. The summed E-state index contributed by atoms with van der Waals surface area (Å²) in [5.74, 6) is 2.18. The van der Waals surface area contributed by atoms with E-state index in [-0.39, 0.29) is 5.82 Å². The third kappa shape index (κ3) is 2.03. The minimum atomic E-state index is -0.256. The summed E-state index contributed by atoms with van der Waals surface area (Å²) >= 11 is 0. The van der Waals surface area contributed by atoms with Gasteiger partial charge in [0.15, 0.2) is 0 Å². The molecule has 0 aliphatic rings. The molecule has 0 spiro atoms. The Bertz CT molecular complexity index is 509. The van der Waals surface area contributed by atoms with Crippen molar-refractivity contribution in [1.29, 1.82) is 0 Å². The summed E-state index contributed by atoms with van der Waals surface area (Å²) in [5, 5.41) is 0. The van der Waals surface area contributed by atoms with Crippen molar-refractivity contribution in [1.82, 2.24) is 4.98 Å². The van der Waals surface area contributed by atoms with Crippen molar-refractivity contribution in [3.05, 3.63) is 54.1 Å². The van der Waals surface area contributed by atoms with Crippen LogP contribution in [0.15, 0.2) is 42.6 Å². The van der Waals surface area contributed by atoms with E-state index in [1.807, 2.05) is 12.1 Å². The lowest BCUT2D eigenvalue weighted by Gasteiger charge is -2.00. The average molecular weight is 197 g/mol. The second-order valence-electron chi connectivity index (χ2n) is 3.09. The molecule has 1 aromatic heterocycles. The molecule has 2 heteroatoms. The number of benzene rings is 1. The fourth-order valence-corrected chi connectivity index (χ4v) is 1.32. The average Bonchev–Trinajstić information content (AvgIpc) is 2.29. The van der Waals surface area contributed by atoms with Gasteiger partial charge in [0.2, 0.25) is 0 Å². The number of rotatable bonds is 1. The minimum absolute atomic E-state index is 0.256. The van der Waals surface area contributed by atoms with Crippen molar-refractivity contribution in [3.8, 4) is 23.5 Å². The van der Waals surface area contributed by atoms with Crippen LogP contribution in [0, 0.1) is 18.2 Å². The summed E-state index contributed by atoms with van der Waals surface area (Å²) in [6, 6.07) is 9.94. The van der Waals surface area contributed by atoms with Gasteiger partial charge < -0.3 is 0 Å². The van der Waals surface area contributed by atoms with Gasteiger partial charge >= 0.3 is 0 Å². The largest absolute Gasteiger partial charge is 0.247 e. The van der Waals surface area contributed by atoms with Gasteiger partial charge in [0.25, 0.3) is 0 Å². The zero-order valence-corrected chi connectivity index (χ0v) is 7.94. The van der Waals surface area contributed by atoms with Crippen molar-refractivity contribution in [2.75, 3.05) is 0 Å². The molecule has 2 rings (SSSR count). The standard InChI is InChI=1S/C13H8FN/c1-2-13-7-6-11(9-15-13)10-4-3-5-12(14)8-10/h1,3-9H. The maximum atomic E-state index is 12.9. The molecule has 0 atom stereocenters. The molecule has 0 aliphatic carbocycles.